The number of halogens is 1. The summed E-state index contributed by atoms with van der Waals surface area (Å²) in [6.45, 7) is 6.14. The van der Waals surface area contributed by atoms with E-state index in [1.54, 1.807) is 43.4 Å². The summed E-state index contributed by atoms with van der Waals surface area (Å²) in [6.07, 6.45) is 3.80. The van der Waals surface area contributed by atoms with Crippen LogP contribution in [0.5, 0.6) is 11.5 Å². The van der Waals surface area contributed by atoms with Crippen molar-refractivity contribution in [3.63, 3.8) is 0 Å². The maximum absolute atomic E-state index is 13.8. The van der Waals surface area contributed by atoms with Gasteiger partial charge in [-0.1, -0.05) is 39.4 Å². The minimum Gasteiger partial charge on any atom is -0.493 e. The normalized spacial score (nSPS) is 15.3. The molecule has 1 aromatic heterocycles. The Labute approximate surface area is 231 Å². The van der Waals surface area contributed by atoms with Gasteiger partial charge in [-0.25, -0.2) is 9.79 Å². The van der Waals surface area contributed by atoms with Crippen molar-refractivity contribution in [1.29, 1.82) is 0 Å². The molecule has 1 aliphatic rings. The Hall–Kier alpha value is -2.82. The Morgan fingerprint density at radius 1 is 1.19 bits per heavy atom. The fourth-order valence-corrected chi connectivity index (χ4v) is 6.01. The zero-order chi connectivity index (χ0) is 26.7. The van der Waals surface area contributed by atoms with E-state index in [0.717, 1.165) is 20.5 Å². The Morgan fingerprint density at radius 3 is 2.54 bits per heavy atom. The number of aromatic nitrogens is 1. The molecule has 1 aliphatic heterocycles. The fourth-order valence-electron chi connectivity index (χ4n) is 4.12. The van der Waals surface area contributed by atoms with Crippen molar-refractivity contribution in [2.75, 3.05) is 26.6 Å². The molecule has 0 spiro atoms. The predicted octanol–water partition coefficient (Wildman–Crippen LogP) is 4.69. The molecule has 0 fully saturated rings. The summed E-state index contributed by atoms with van der Waals surface area (Å²) in [4.78, 5) is 33.1. The molecular formula is C27H27BrN2O5S2. The first kappa shape index (κ1) is 27.2. The minimum atomic E-state index is -0.647. The van der Waals surface area contributed by atoms with Crippen molar-refractivity contribution in [3.05, 3.63) is 83.0 Å². The predicted molar refractivity (Wildman–Crippen MR) is 150 cm³/mol. The van der Waals surface area contributed by atoms with Gasteiger partial charge in [0.1, 0.15) is 0 Å². The summed E-state index contributed by atoms with van der Waals surface area (Å²) in [6, 6.07) is 10.9. The minimum absolute atomic E-state index is 0.228. The lowest BCUT2D eigenvalue weighted by Gasteiger charge is -2.24. The molecule has 0 bridgehead atoms. The number of thiazole rings is 1. The number of fused-ring (bicyclic) bond motifs is 1. The molecule has 0 saturated heterocycles. The number of carbonyl (C=O) groups is 1. The van der Waals surface area contributed by atoms with Gasteiger partial charge in [0.25, 0.3) is 5.56 Å². The third-order valence-corrected chi connectivity index (χ3v) is 8.23. The first-order valence-electron chi connectivity index (χ1n) is 11.7. The van der Waals surface area contributed by atoms with Gasteiger partial charge in [-0.3, -0.25) is 9.36 Å². The van der Waals surface area contributed by atoms with E-state index < -0.39 is 12.0 Å². The van der Waals surface area contributed by atoms with Crippen LogP contribution < -0.4 is 24.4 Å². The van der Waals surface area contributed by atoms with Crippen molar-refractivity contribution in [3.8, 4) is 11.5 Å². The van der Waals surface area contributed by atoms with E-state index in [-0.39, 0.29) is 12.2 Å². The molecule has 2 aromatic carbocycles. The number of methoxy groups -OCH3 is 1. The second kappa shape index (κ2) is 11.7. The average molecular weight is 604 g/mol. The van der Waals surface area contributed by atoms with Crippen LogP contribution >= 0.6 is 39.0 Å². The first-order chi connectivity index (χ1) is 17.8. The van der Waals surface area contributed by atoms with E-state index in [0.29, 0.717) is 38.7 Å². The highest BCUT2D eigenvalue weighted by Gasteiger charge is 2.33. The largest absolute Gasteiger partial charge is 0.493 e. The molecule has 0 radical (unpaired) electrons. The summed E-state index contributed by atoms with van der Waals surface area (Å²) in [7, 11) is 1.58. The molecule has 7 nitrogen and oxygen atoms in total. The van der Waals surface area contributed by atoms with Crippen LogP contribution in [0, 0.1) is 0 Å². The number of carbonyl (C=O) groups excluding carboxylic acids is 1. The van der Waals surface area contributed by atoms with Crippen LogP contribution in [0.3, 0.4) is 0 Å². The van der Waals surface area contributed by atoms with Crippen LogP contribution in [0.2, 0.25) is 0 Å². The van der Waals surface area contributed by atoms with Gasteiger partial charge in [0.05, 0.1) is 42.2 Å². The van der Waals surface area contributed by atoms with E-state index in [1.807, 2.05) is 49.6 Å². The molecule has 0 amide bonds. The topological polar surface area (TPSA) is 79.1 Å². The molecule has 0 aliphatic carbocycles. The van der Waals surface area contributed by atoms with Gasteiger partial charge in [0.2, 0.25) is 0 Å². The van der Waals surface area contributed by atoms with Crippen LogP contribution in [-0.4, -0.2) is 37.1 Å². The molecule has 10 heteroatoms. The van der Waals surface area contributed by atoms with Gasteiger partial charge >= 0.3 is 5.97 Å². The van der Waals surface area contributed by atoms with Gasteiger partial charge in [-0.15, -0.1) is 11.8 Å². The number of ether oxygens (including phenoxy) is 3. The molecule has 3 aromatic rings. The number of thioether (sulfide) groups is 1. The number of allylic oxidation sites excluding steroid dienone is 1. The Bertz CT molecular complexity index is 1540. The quantitative estimate of drug-likeness (QED) is 0.275. The zero-order valence-corrected chi connectivity index (χ0v) is 24.4. The van der Waals surface area contributed by atoms with Crippen LogP contribution in [0.4, 0.5) is 0 Å². The molecule has 194 valence electrons. The van der Waals surface area contributed by atoms with Crippen molar-refractivity contribution in [2.24, 2.45) is 4.99 Å². The lowest BCUT2D eigenvalue weighted by molar-refractivity contribution is -0.139. The van der Waals surface area contributed by atoms with Gasteiger partial charge in [-0.05, 0) is 68.5 Å². The number of rotatable bonds is 8. The van der Waals surface area contributed by atoms with Crippen molar-refractivity contribution < 1.29 is 19.0 Å². The summed E-state index contributed by atoms with van der Waals surface area (Å²) >= 11 is 6.48. The summed E-state index contributed by atoms with van der Waals surface area (Å²) in [5, 5.41) is 0. The Morgan fingerprint density at radius 2 is 1.92 bits per heavy atom. The highest BCUT2D eigenvalue weighted by Crippen LogP contribution is 2.34. The van der Waals surface area contributed by atoms with Crippen molar-refractivity contribution in [1.82, 2.24) is 4.57 Å². The van der Waals surface area contributed by atoms with Crippen LogP contribution in [0.25, 0.3) is 6.08 Å². The monoisotopic (exact) mass is 602 g/mol. The number of hydrogen-bond donors (Lipinski definition) is 0. The number of benzene rings is 2. The third-order valence-electron chi connectivity index (χ3n) is 5.82. The van der Waals surface area contributed by atoms with Gasteiger partial charge < -0.3 is 14.2 Å². The van der Waals surface area contributed by atoms with Crippen molar-refractivity contribution >= 4 is 51.1 Å². The Kier molecular flexibility index (Phi) is 8.61. The van der Waals surface area contributed by atoms with E-state index >= 15 is 0 Å². The maximum atomic E-state index is 13.8. The molecule has 37 heavy (non-hydrogen) atoms. The van der Waals surface area contributed by atoms with Crippen LogP contribution in [-0.2, 0) is 9.53 Å². The summed E-state index contributed by atoms with van der Waals surface area (Å²) in [5.41, 5.74) is 2.23. The van der Waals surface area contributed by atoms with Crippen molar-refractivity contribution in [2.45, 2.75) is 31.7 Å². The highest BCUT2D eigenvalue weighted by atomic mass is 79.9. The SMILES string of the molecule is CCOC(=O)C1=C(C)N=c2s/c(=C/c3cc(OCC)c(OC)cc3Br)c(=O)n2[C@@H]1c1ccc(SC)cc1. The molecule has 1 atom stereocenters. The molecular weight excluding hydrogens is 576 g/mol. The molecule has 2 heterocycles. The standard InChI is InChI=1S/C27H27BrN2O5S2/c1-6-34-21-12-17(19(28)14-20(21)33-4)13-22-25(31)30-24(16-8-10-18(36-5)11-9-16)23(26(32)35-7-2)15(3)29-27(30)37-22/h8-14,24H,6-7H2,1-5H3/b22-13+/t24-/m1/s1. The van der Waals surface area contributed by atoms with Gasteiger partial charge in [0.15, 0.2) is 16.3 Å². The molecule has 0 unspecified atom stereocenters. The molecule has 0 saturated carbocycles. The average Bonchev–Trinajstić information content (AvgIpc) is 3.19. The van der Waals surface area contributed by atoms with E-state index in [9.17, 15) is 9.59 Å². The smallest absolute Gasteiger partial charge is 0.338 e. The van der Waals surface area contributed by atoms with Crippen LogP contribution in [0.15, 0.2) is 66.8 Å². The van der Waals surface area contributed by atoms with E-state index in [2.05, 4.69) is 20.9 Å². The maximum Gasteiger partial charge on any atom is 0.338 e. The summed E-state index contributed by atoms with van der Waals surface area (Å²) < 4.78 is 19.3. The van der Waals surface area contributed by atoms with E-state index in [4.69, 9.17) is 14.2 Å². The van der Waals surface area contributed by atoms with E-state index in [1.165, 1.54) is 11.3 Å². The number of esters is 1. The zero-order valence-electron chi connectivity index (χ0n) is 21.2. The lowest BCUT2D eigenvalue weighted by atomic mass is 9.96. The fraction of sp³-hybridized carbons (Fsp3) is 0.296. The van der Waals surface area contributed by atoms with Crippen LogP contribution in [0.1, 0.15) is 37.9 Å². The number of hydrogen-bond acceptors (Lipinski definition) is 8. The highest BCUT2D eigenvalue weighted by molar-refractivity contribution is 9.10. The lowest BCUT2D eigenvalue weighted by Crippen LogP contribution is -2.39. The second-order valence-corrected chi connectivity index (χ2v) is 10.8. The van der Waals surface area contributed by atoms with Gasteiger partial charge in [-0.2, -0.15) is 0 Å². The summed E-state index contributed by atoms with van der Waals surface area (Å²) in [5.74, 6) is 0.700. The Balaban J connectivity index is 1.93. The molecule has 0 N–H and O–H groups in total. The number of nitrogens with zero attached hydrogens (tertiary/aromatic N) is 2. The second-order valence-electron chi connectivity index (χ2n) is 8.03. The molecule has 4 rings (SSSR count). The first-order valence-corrected chi connectivity index (χ1v) is 14.5. The van der Waals surface area contributed by atoms with Gasteiger partial charge in [0, 0.05) is 9.37 Å². The third kappa shape index (κ3) is 5.42.